The molecule has 0 aliphatic rings. The van der Waals surface area contributed by atoms with Crippen molar-refractivity contribution in [3.63, 3.8) is 0 Å². The largest absolute Gasteiger partial charge is 0.480 e. The minimum absolute atomic E-state index is 0.137. The molecule has 0 aliphatic heterocycles. The first-order valence-corrected chi connectivity index (χ1v) is 8.36. The van der Waals surface area contributed by atoms with Crippen LogP contribution in [0, 0.1) is 0 Å². The molecule has 1 aromatic heterocycles. The summed E-state index contributed by atoms with van der Waals surface area (Å²) >= 11 is 6.08. The van der Waals surface area contributed by atoms with E-state index in [9.17, 15) is 14.4 Å². The number of carboxylic acid groups (broad SMARTS) is 1. The maximum atomic E-state index is 12.4. The summed E-state index contributed by atoms with van der Waals surface area (Å²) in [6.45, 7) is 5.21. The second-order valence-electron chi connectivity index (χ2n) is 6.77. The van der Waals surface area contributed by atoms with E-state index in [-0.39, 0.29) is 22.9 Å². The second kappa shape index (κ2) is 8.09. The summed E-state index contributed by atoms with van der Waals surface area (Å²) in [5.41, 5.74) is 0.117. The molecule has 0 fully saturated rings. The summed E-state index contributed by atoms with van der Waals surface area (Å²) in [5.74, 6) is -1.41. The fraction of sp³-hybridized carbons (Fsp3) is 0.294. The number of halogens is 1. The number of carboxylic acids is 1. The number of carbonyl (C=O) groups is 3. The van der Waals surface area contributed by atoms with E-state index < -0.39 is 23.4 Å². The zero-order valence-corrected chi connectivity index (χ0v) is 15.8. The average Bonchev–Trinajstić information content (AvgIpc) is 2.93. The number of urea groups is 1. The van der Waals surface area contributed by atoms with E-state index in [0.717, 1.165) is 0 Å². The van der Waals surface area contributed by atoms with E-state index in [1.54, 1.807) is 6.07 Å². The molecule has 2 rings (SSSR count). The Morgan fingerprint density at radius 3 is 2.52 bits per heavy atom. The predicted octanol–water partition coefficient (Wildman–Crippen LogP) is 2.79. The van der Waals surface area contributed by atoms with Crippen LogP contribution in [0.4, 0.5) is 16.3 Å². The minimum atomic E-state index is -1.05. The van der Waals surface area contributed by atoms with Crippen LogP contribution in [0.3, 0.4) is 0 Å². The molecule has 27 heavy (non-hydrogen) atoms. The molecule has 0 aliphatic carbocycles. The quantitative estimate of drug-likeness (QED) is 0.621. The van der Waals surface area contributed by atoms with Crippen LogP contribution in [0.15, 0.2) is 30.5 Å². The number of hydrogen-bond acceptors (Lipinski definition) is 4. The Bertz CT molecular complexity index is 872. The Labute approximate surface area is 160 Å². The second-order valence-corrected chi connectivity index (χ2v) is 7.18. The number of anilines is 2. The van der Waals surface area contributed by atoms with E-state index in [1.165, 1.54) is 29.1 Å². The number of carbonyl (C=O) groups excluding carboxylic acids is 2. The van der Waals surface area contributed by atoms with E-state index in [4.69, 9.17) is 16.7 Å². The monoisotopic (exact) mass is 393 g/mol. The average molecular weight is 394 g/mol. The van der Waals surface area contributed by atoms with Crippen LogP contribution in [0.25, 0.3) is 0 Å². The minimum Gasteiger partial charge on any atom is -0.480 e. The predicted molar refractivity (Wildman–Crippen MR) is 101 cm³/mol. The van der Waals surface area contributed by atoms with Gasteiger partial charge in [0.2, 0.25) is 0 Å². The lowest BCUT2D eigenvalue weighted by Gasteiger charge is -2.21. The van der Waals surface area contributed by atoms with Crippen LogP contribution in [-0.4, -0.2) is 38.3 Å². The normalized spacial score (nSPS) is 11.0. The van der Waals surface area contributed by atoms with Crippen LogP contribution in [0.5, 0.6) is 0 Å². The molecule has 2 aromatic rings. The van der Waals surface area contributed by atoms with Gasteiger partial charge in [0.15, 0.2) is 5.82 Å². The highest BCUT2D eigenvalue weighted by Crippen LogP contribution is 2.22. The SMILES string of the molecule is CC(C)(C)NC(=O)Nc1ccc(Cl)c(C(=O)Nc2ccn(CC(=O)O)n2)c1. The molecular weight excluding hydrogens is 374 g/mol. The van der Waals surface area contributed by atoms with Gasteiger partial charge in [-0.25, -0.2) is 4.79 Å². The van der Waals surface area contributed by atoms with Gasteiger partial charge in [-0.05, 0) is 39.0 Å². The van der Waals surface area contributed by atoms with Crippen molar-refractivity contribution in [2.75, 3.05) is 10.6 Å². The molecule has 0 saturated carbocycles. The fourth-order valence-electron chi connectivity index (χ4n) is 2.12. The molecule has 0 radical (unpaired) electrons. The van der Waals surface area contributed by atoms with Crippen LogP contribution in [-0.2, 0) is 11.3 Å². The van der Waals surface area contributed by atoms with Gasteiger partial charge in [0.05, 0.1) is 10.6 Å². The van der Waals surface area contributed by atoms with Gasteiger partial charge in [0, 0.05) is 23.5 Å². The van der Waals surface area contributed by atoms with Gasteiger partial charge in [-0.15, -0.1) is 0 Å². The van der Waals surface area contributed by atoms with Crippen molar-refractivity contribution in [2.45, 2.75) is 32.9 Å². The number of nitrogens with zero attached hydrogens (tertiary/aromatic N) is 2. The third-order valence-electron chi connectivity index (χ3n) is 3.14. The number of nitrogens with one attached hydrogen (secondary N) is 3. The van der Waals surface area contributed by atoms with Crippen molar-refractivity contribution in [3.05, 3.63) is 41.0 Å². The van der Waals surface area contributed by atoms with Gasteiger partial charge in [-0.3, -0.25) is 14.3 Å². The van der Waals surface area contributed by atoms with E-state index in [1.807, 2.05) is 20.8 Å². The Morgan fingerprint density at radius 2 is 1.89 bits per heavy atom. The van der Waals surface area contributed by atoms with Gasteiger partial charge >= 0.3 is 12.0 Å². The van der Waals surface area contributed by atoms with Crippen LogP contribution in [0.2, 0.25) is 5.02 Å². The molecule has 3 amide bonds. The molecule has 0 bridgehead atoms. The Kier molecular flexibility index (Phi) is 6.06. The number of aliphatic carboxylic acids is 1. The molecule has 1 aromatic carbocycles. The number of rotatable bonds is 5. The zero-order valence-electron chi connectivity index (χ0n) is 15.0. The number of hydrogen-bond donors (Lipinski definition) is 4. The standard InChI is InChI=1S/C17H20ClN5O4/c1-17(2,3)21-16(27)19-10-4-5-12(18)11(8-10)15(26)20-13-6-7-23(22-13)9-14(24)25/h4-8H,9H2,1-3H3,(H,24,25)(H2,19,21,27)(H,20,22,26). The summed E-state index contributed by atoms with van der Waals surface area (Å²) in [4.78, 5) is 35.1. The first-order chi connectivity index (χ1) is 12.5. The molecule has 1 heterocycles. The van der Waals surface area contributed by atoms with Crippen LogP contribution < -0.4 is 16.0 Å². The van der Waals surface area contributed by atoms with Gasteiger partial charge in [0.25, 0.3) is 5.91 Å². The molecule has 9 nitrogen and oxygen atoms in total. The number of benzene rings is 1. The lowest BCUT2D eigenvalue weighted by Crippen LogP contribution is -2.43. The summed E-state index contributed by atoms with van der Waals surface area (Å²) in [6, 6.07) is 5.56. The number of amides is 3. The summed E-state index contributed by atoms with van der Waals surface area (Å²) in [7, 11) is 0. The molecule has 0 spiro atoms. The summed E-state index contributed by atoms with van der Waals surface area (Å²) in [6.07, 6.45) is 1.43. The highest BCUT2D eigenvalue weighted by molar-refractivity contribution is 6.34. The van der Waals surface area contributed by atoms with Crippen LogP contribution >= 0.6 is 11.6 Å². The van der Waals surface area contributed by atoms with Gasteiger partial charge in [-0.2, -0.15) is 5.10 Å². The lowest BCUT2D eigenvalue weighted by molar-refractivity contribution is -0.137. The first-order valence-electron chi connectivity index (χ1n) is 7.99. The number of aromatic nitrogens is 2. The Balaban J connectivity index is 2.10. The summed E-state index contributed by atoms with van der Waals surface area (Å²) in [5, 5.41) is 20.8. The fourth-order valence-corrected chi connectivity index (χ4v) is 2.32. The van der Waals surface area contributed by atoms with Crippen molar-refractivity contribution < 1.29 is 19.5 Å². The third-order valence-corrected chi connectivity index (χ3v) is 3.47. The van der Waals surface area contributed by atoms with E-state index in [0.29, 0.717) is 5.69 Å². The molecule has 0 unspecified atom stereocenters. The molecule has 0 saturated heterocycles. The zero-order chi connectivity index (χ0) is 20.2. The third kappa shape index (κ3) is 6.30. The topological polar surface area (TPSA) is 125 Å². The lowest BCUT2D eigenvalue weighted by atomic mass is 10.1. The smallest absolute Gasteiger partial charge is 0.325 e. The molecule has 144 valence electrons. The maximum Gasteiger partial charge on any atom is 0.325 e. The van der Waals surface area contributed by atoms with Crippen LogP contribution in [0.1, 0.15) is 31.1 Å². The highest BCUT2D eigenvalue weighted by Gasteiger charge is 2.16. The highest BCUT2D eigenvalue weighted by atomic mass is 35.5. The molecule has 10 heteroatoms. The van der Waals surface area contributed by atoms with Gasteiger partial charge in [0.1, 0.15) is 6.54 Å². The van der Waals surface area contributed by atoms with Crippen molar-refractivity contribution >= 4 is 41.0 Å². The maximum absolute atomic E-state index is 12.4. The van der Waals surface area contributed by atoms with E-state index in [2.05, 4.69) is 21.0 Å². The summed E-state index contributed by atoms with van der Waals surface area (Å²) < 4.78 is 1.17. The van der Waals surface area contributed by atoms with Crippen molar-refractivity contribution in [1.29, 1.82) is 0 Å². The molecule has 0 atom stereocenters. The Morgan fingerprint density at radius 1 is 1.19 bits per heavy atom. The first kappa shape index (κ1) is 20.2. The Hall–Kier alpha value is -3.07. The van der Waals surface area contributed by atoms with Crippen molar-refractivity contribution in [1.82, 2.24) is 15.1 Å². The van der Waals surface area contributed by atoms with Gasteiger partial charge < -0.3 is 21.1 Å². The van der Waals surface area contributed by atoms with Gasteiger partial charge in [-0.1, -0.05) is 11.6 Å². The molecular formula is C17H20ClN5O4. The van der Waals surface area contributed by atoms with E-state index >= 15 is 0 Å². The van der Waals surface area contributed by atoms with Crippen molar-refractivity contribution in [2.24, 2.45) is 0 Å². The van der Waals surface area contributed by atoms with Crippen molar-refractivity contribution in [3.8, 4) is 0 Å². The molecule has 4 N–H and O–H groups in total.